The molecule has 54 valence electrons. The minimum absolute atomic E-state index is 0. The number of hydrogen-bond donors (Lipinski definition) is 0. The van der Waals surface area contributed by atoms with Gasteiger partial charge < -0.3 is 14.6 Å². The van der Waals surface area contributed by atoms with Crippen molar-refractivity contribution in [2.75, 3.05) is 13.2 Å². The van der Waals surface area contributed by atoms with Gasteiger partial charge in [0.2, 0.25) is 0 Å². The molecule has 0 N–H and O–H groups in total. The minimum atomic E-state index is -1.44. The van der Waals surface area contributed by atoms with Gasteiger partial charge in [-0.15, -0.1) is 0 Å². The Morgan fingerprint density at radius 3 is 2.36 bits per heavy atom. The van der Waals surface area contributed by atoms with Gasteiger partial charge in [-0.2, -0.15) is 0 Å². The summed E-state index contributed by atoms with van der Waals surface area (Å²) in [5.74, 6) is -1.38. The molecule has 0 saturated carbocycles. The van der Waals surface area contributed by atoms with Crippen LogP contribution < -0.4 is 24.0 Å². The molecule has 0 aromatic rings. The van der Waals surface area contributed by atoms with E-state index in [0.29, 0.717) is 0 Å². The zero-order valence-electron chi connectivity index (χ0n) is 5.98. The van der Waals surface area contributed by atoms with Crippen molar-refractivity contribution < 1.29 is 33.5 Å². The molecule has 7 heteroatoms. The predicted octanol–water partition coefficient (Wildman–Crippen LogP) is -4.18. The van der Waals surface area contributed by atoms with Gasteiger partial charge in [-0.05, 0) is 5.53 Å². The number of carboxylic acids is 1. The molecule has 0 aromatic carbocycles. The van der Waals surface area contributed by atoms with Gasteiger partial charge in [0.05, 0.1) is 19.2 Å². The Labute approximate surface area is 74.3 Å². The second-order valence-corrected chi connectivity index (χ2v) is 2.00. The van der Waals surface area contributed by atoms with Crippen molar-refractivity contribution in [3.63, 3.8) is 0 Å². The van der Waals surface area contributed by atoms with E-state index in [-0.39, 0.29) is 32.1 Å². The Morgan fingerprint density at radius 1 is 1.73 bits per heavy atom. The monoisotopic (exact) mass is 149 g/mol. The first-order valence-electron chi connectivity index (χ1n) is 2.57. The molecule has 1 aliphatic rings. The molecule has 0 radical (unpaired) electrons. The molecule has 1 heterocycles. The molecule has 0 aliphatic carbocycles. The van der Waals surface area contributed by atoms with Crippen LogP contribution >= 0.6 is 0 Å². The van der Waals surface area contributed by atoms with Crippen molar-refractivity contribution >= 4 is 5.97 Å². The fraction of sp³-hybridized carbons (Fsp3) is 0.750. The van der Waals surface area contributed by atoms with Crippen LogP contribution in [0.2, 0.25) is 0 Å². The molecule has 0 amide bonds. The summed E-state index contributed by atoms with van der Waals surface area (Å²) in [4.78, 5) is 12.6. The van der Waals surface area contributed by atoms with Crippen LogP contribution in [0.5, 0.6) is 0 Å². The Kier molecular flexibility index (Phi) is 3.43. The van der Waals surface area contributed by atoms with Gasteiger partial charge in [0.15, 0.2) is 0 Å². The first-order chi connectivity index (χ1) is 4.71. The Hall–Kier alpha value is -0.663. The number of hydrogen-bond acceptors (Lipinski definition) is 4. The second-order valence-electron chi connectivity index (χ2n) is 2.00. The molecule has 0 unspecified atom stereocenters. The van der Waals surface area contributed by atoms with E-state index in [9.17, 15) is 9.90 Å². The first kappa shape index (κ1) is 10.3. The third-order valence-electron chi connectivity index (χ3n) is 1.30. The van der Waals surface area contributed by atoms with E-state index in [1.165, 1.54) is 0 Å². The van der Waals surface area contributed by atoms with E-state index in [4.69, 9.17) is 5.53 Å². The van der Waals surface area contributed by atoms with Crippen LogP contribution in [-0.4, -0.2) is 24.7 Å². The number of carboxylic acid groups (broad SMARTS) is 1. The van der Waals surface area contributed by atoms with E-state index in [0.717, 1.165) is 0 Å². The van der Waals surface area contributed by atoms with Crippen LogP contribution in [0.3, 0.4) is 0 Å². The van der Waals surface area contributed by atoms with Crippen LogP contribution in [0.15, 0.2) is 5.11 Å². The number of ether oxygens (including phenoxy) is 1. The number of rotatable bonds is 2. The van der Waals surface area contributed by atoms with Gasteiger partial charge in [-0.25, -0.2) is 0 Å². The fourth-order valence-electron chi connectivity index (χ4n) is 0.597. The van der Waals surface area contributed by atoms with Crippen molar-refractivity contribution in [1.29, 1.82) is 0 Å². The smallest absolute Gasteiger partial charge is 0.549 e. The average Bonchev–Trinajstić information content (AvgIpc) is 1.77. The first-order valence-corrected chi connectivity index (χ1v) is 2.57. The standard InChI is InChI=1S/C4H5N3O3.Li/c5-7-6-4(3(8)9)1-10-2-4;/h1-2H2,(H,8,9);/q;+1/p-1. The molecule has 1 fully saturated rings. The topological polar surface area (TPSA) is 98.1 Å². The normalized spacial score (nSPS) is 18.5. The number of carbonyl (C=O) groups excluding carboxylic acids is 1. The van der Waals surface area contributed by atoms with Crippen molar-refractivity contribution in [2.45, 2.75) is 5.54 Å². The average molecular weight is 149 g/mol. The van der Waals surface area contributed by atoms with Gasteiger partial charge in [0.25, 0.3) is 0 Å². The summed E-state index contributed by atoms with van der Waals surface area (Å²) in [7, 11) is 0. The van der Waals surface area contributed by atoms with Crippen molar-refractivity contribution in [1.82, 2.24) is 0 Å². The Bertz CT molecular complexity index is 205. The molecule has 1 aliphatic heterocycles. The molecule has 1 saturated heterocycles. The van der Waals surface area contributed by atoms with Gasteiger partial charge in [-0.1, -0.05) is 5.11 Å². The molecule has 0 bridgehead atoms. The van der Waals surface area contributed by atoms with E-state index >= 15 is 0 Å². The zero-order chi connectivity index (χ0) is 7.61. The van der Waals surface area contributed by atoms with Gasteiger partial charge >= 0.3 is 18.9 Å². The van der Waals surface area contributed by atoms with Crippen LogP contribution in [0.1, 0.15) is 0 Å². The van der Waals surface area contributed by atoms with Crippen molar-refractivity contribution in [3.8, 4) is 0 Å². The molecular weight excluding hydrogens is 145 g/mol. The molecule has 0 atom stereocenters. The minimum Gasteiger partial charge on any atom is -0.549 e. The number of azide groups is 1. The van der Waals surface area contributed by atoms with Crippen molar-refractivity contribution in [3.05, 3.63) is 10.4 Å². The van der Waals surface area contributed by atoms with Crippen LogP contribution in [0, 0.1) is 0 Å². The fourth-order valence-corrected chi connectivity index (χ4v) is 0.597. The van der Waals surface area contributed by atoms with E-state index in [1.54, 1.807) is 0 Å². The maximum Gasteiger partial charge on any atom is 1.00 e. The third kappa shape index (κ3) is 1.67. The summed E-state index contributed by atoms with van der Waals surface area (Å²) < 4.78 is 4.57. The molecule has 0 spiro atoms. The predicted molar refractivity (Wildman–Crippen MR) is 27.7 cm³/mol. The molecule has 6 nitrogen and oxygen atoms in total. The van der Waals surface area contributed by atoms with E-state index in [2.05, 4.69) is 14.8 Å². The summed E-state index contributed by atoms with van der Waals surface area (Å²) in [5.41, 5.74) is 6.49. The van der Waals surface area contributed by atoms with Crippen LogP contribution in [-0.2, 0) is 9.53 Å². The summed E-state index contributed by atoms with van der Waals surface area (Å²) in [6.45, 7) is -0.168. The maximum atomic E-state index is 10.2. The largest absolute Gasteiger partial charge is 1.00 e. The zero-order valence-corrected chi connectivity index (χ0v) is 5.98. The van der Waals surface area contributed by atoms with Crippen LogP contribution in [0.25, 0.3) is 10.4 Å². The Balaban J connectivity index is 0.000001000. The van der Waals surface area contributed by atoms with Crippen molar-refractivity contribution in [2.24, 2.45) is 5.11 Å². The summed E-state index contributed by atoms with van der Waals surface area (Å²) >= 11 is 0. The summed E-state index contributed by atoms with van der Waals surface area (Å²) in [6.07, 6.45) is 0. The third-order valence-corrected chi connectivity index (χ3v) is 1.30. The number of carbonyl (C=O) groups is 1. The van der Waals surface area contributed by atoms with Gasteiger partial charge in [0, 0.05) is 4.91 Å². The van der Waals surface area contributed by atoms with Gasteiger partial charge in [-0.3, -0.25) is 0 Å². The maximum absolute atomic E-state index is 10.2. The van der Waals surface area contributed by atoms with E-state index < -0.39 is 11.5 Å². The number of aliphatic carboxylic acids is 1. The molecule has 1 rings (SSSR count). The SMILES string of the molecule is [Li+].[N-]=[N+]=NC1(C(=O)[O-])COC1. The summed E-state index contributed by atoms with van der Waals surface area (Å²) in [6, 6.07) is 0. The Morgan fingerprint density at radius 2 is 2.27 bits per heavy atom. The molecule has 0 aromatic heterocycles. The summed E-state index contributed by atoms with van der Waals surface area (Å²) in [5, 5.41) is 13.3. The quantitative estimate of drug-likeness (QED) is 0.172. The molecular formula is C4H4LiN3O3. The number of nitrogens with zero attached hydrogens (tertiary/aromatic N) is 3. The second kappa shape index (κ2) is 3.65. The van der Waals surface area contributed by atoms with Gasteiger partial charge in [0.1, 0.15) is 5.54 Å². The van der Waals surface area contributed by atoms with Crippen LogP contribution in [0.4, 0.5) is 0 Å². The molecule has 11 heavy (non-hydrogen) atoms. The van der Waals surface area contributed by atoms with E-state index in [1.807, 2.05) is 0 Å².